The largest absolute Gasteiger partial charge is 0.493 e. The van der Waals surface area contributed by atoms with Crippen LogP contribution >= 0.6 is 0 Å². The molecule has 0 radical (unpaired) electrons. The van der Waals surface area contributed by atoms with E-state index < -0.39 is 11.6 Å². The van der Waals surface area contributed by atoms with Crippen LogP contribution in [-0.4, -0.2) is 99.3 Å². The van der Waals surface area contributed by atoms with E-state index in [0.717, 1.165) is 34.4 Å². The Morgan fingerprint density at radius 2 is 1.82 bits per heavy atom. The van der Waals surface area contributed by atoms with Gasteiger partial charge in [0, 0.05) is 88.8 Å². The molecule has 0 spiro atoms. The third-order valence-electron chi connectivity index (χ3n) is 10.3. The number of fused-ring (bicyclic) bond motifs is 1. The van der Waals surface area contributed by atoms with Gasteiger partial charge in [-0.2, -0.15) is 5.10 Å². The van der Waals surface area contributed by atoms with Gasteiger partial charge in [0.1, 0.15) is 11.5 Å². The number of hydrazine groups is 2. The molecule has 15 heteroatoms. The second-order valence-electron chi connectivity index (χ2n) is 14.0. The molecule has 3 N–H and O–H groups in total. The number of hydrogen-bond acceptors (Lipinski definition) is 9. The fourth-order valence-electron chi connectivity index (χ4n) is 7.58. The Labute approximate surface area is 318 Å². The first-order valence-electron chi connectivity index (χ1n) is 18.3. The number of halogens is 2. The van der Waals surface area contributed by atoms with Crippen molar-refractivity contribution in [2.75, 3.05) is 57.8 Å². The number of amides is 2. The van der Waals surface area contributed by atoms with E-state index in [4.69, 9.17) is 4.74 Å². The van der Waals surface area contributed by atoms with E-state index >= 15 is 4.39 Å². The second-order valence-corrected chi connectivity index (χ2v) is 14.0. The monoisotopic (exact) mass is 750 g/mol. The van der Waals surface area contributed by atoms with E-state index in [1.54, 1.807) is 27.1 Å². The highest BCUT2D eigenvalue weighted by Crippen LogP contribution is 2.38. The van der Waals surface area contributed by atoms with Gasteiger partial charge in [-0.15, -0.1) is 5.53 Å². The Morgan fingerprint density at radius 3 is 2.56 bits per heavy atom. The molecule has 5 aromatic rings. The van der Waals surface area contributed by atoms with E-state index in [9.17, 15) is 14.0 Å². The number of nitrogens with zero attached hydrogens (tertiary/aromatic N) is 7. The van der Waals surface area contributed by atoms with E-state index in [2.05, 4.69) is 26.0 Å². The van der Waals surface area contributed by atoms with Gasteiger partial charge in [0.05, 0.1) is 30.2 Å². The summed E-state index contributed by atoms with van der Waals surface area (Å²) in [5.74, 6) is -0.416. The molecule has 3 aromatic heterocycles. The third kappa shape index (κ3) is 7.10. The van der Waals surface area contributed by atoms with Crippen LogP contribution in [0.15, 0.2) is 73.2 Å². The third-order valence-corrected chi connectivity index (χ3v) is 10.3. The molecule has 0 atom stereocenters. The minimum atomic E-state index is -0.492. The number of carbonyl (C=O) groups excluding carboxylic acids is 2. The summed E-state index contributed by atoms with van der Waals surface area (Å²) in [5, 5.41) is 7.04. The van der Waals surface area contributed by atoms with Gasteiger partial charge in [-0.05, 0) is 67.3 Å². The number of rotatable bonds is 9. The summed E-state index contributed by atoms with van der Waals surface area (Å²) < 4.78 is 37.9. The molecule has 1 fully saturated rings. The molecule has 0 aliphatic carbocycles. The lowest BCUT2D eigenvalue weighted by atomic mass is 9.93. The van der Waals surface area contributed by atoms with Crippen molar-refractivity contribution in [3.8, 4) is 22.6 Å². The van der Waals surface area contributed by atoms with Crippen LogP contribution in [0.4, 0.5) is 14.6 Å². The van der Waals surface area contributed by atoms with Gasteiger partial charge >= 0.3 is 0 Å². The highest BCUT2D eigenvalue weighted by Gasteiger charge is 2.29. The van der Waals surface area contributed by atoms with E-state index in [1.807, 2.05) is 72.1 Å². The van der Waals surface area contributed by atoms with Gasteiger partial charge < -0.3 is 29.8 Å². The summed E-state index contributed by atoms with van der Waals surface area (Å²) in [6, 6.07) is 14.8. The summed E-state index contributed by atoms with van der Waals surface area (Å²) in [7, 11) is 1.47. The highest BCUT2D eigenvalue weighted by molar-refractivity contribution is 6.05. The molecule has 8 rings (SSSR count). The summed E-state index contributed by atoms with van der Waals surface area (Å²) >= 11 is 0. The highest BCUT2D eigenvalue weighted by atomic mass is 19.1. The number of carbonyl (C=O) groups is 2. The van der Waals surface area contributed by atoms with Crippen molar-refractivity contribution in [3.63, 3.8) is 0 Å². The lowest BCUT2D eigenvalue weighted by Crippen LogP contribution is -2.49. The van der Waals surface area contributed by atoms with Crippen molar-refractivity contribution in [1.82, 2.24) is 45.5 Å². The first kappa shape index (κ1) is 35.8. The zero-order valence-electron chi connectivity index (χ0n) is 30.9. The maximum Gasteiger partial charge on any atom is 0.270 e. The van der Waals surface area contributed by atoms with Crippen molar-refractivity contribution in [2.45, 2.75) is 26.7 Å². The number of ether oxygens (including phenoxy) is 1. The maximum absolute atomic E-state index is 16.9. The fourth-order valence-corrected chi connectivity index (χ4v) is 7.58. The topological polar surface area (TPSA) is 127 Å². The number of aromatic amines is 1. The van der Waals surface area contributed by atoms with E-state index in [0.29, 0.717) is 80.2 Å². The molecular formula is C40H44F2N10O3. The van der Waals surface area contributed by atoms with E-state index in [1.165, 1.54) is 13.2 Å². The summed E-state index contributed by atoms with van der Waals surface area (Å²) in [5.41, 5.74) is 11.7. The number of nitrogens with one attached hydrogen (secondary N) is 3. The second kappa shape index (κ2) is 14.9. The first-order chi connectivity index (χ1) is 26.7. The molecular weight excluding hydrogens is 707 g/mol. The summed E-state index contributed by atoms with van der Waals surface area (Å²) in [6.45, 7) is 6.89. The molecule has 6 heterocycles. The molecule has 0 saturated carbocycles. The quantitative estimate of drug-likeness (QED) is 0.183. The molecule has 1 saturated heterocycles. The molecule has 13 nitrogen and oxygen atoms in total. The SMILES string of the molecule is COc1cc(F)cnc1N1CCN(C(=O)c2cc3c(-c4cccc(-n5nc(C)cc5C)c4)cc(C4=CCCN(C(=O)CCN5C=CNN5)C4)c(F)c3[nH]2)CC1.[HH]. The van der Waals surface area contributed by atoms with Gasteiger partial charge in [0.25, 0.3) is 5.91 Å². The number of hydrogen-bond donors (Lipinski definition) is 3. The predicted molar refractivity (Wildman–Crippen MR) is 207 cm³/mol. The van der Waals surface area contributed by atoms with Crippen LogP contribution in [-0.2, 0) is 4.79 Å². The molecule has 2 aromatic carbocycles. The number of pyridine rings is 1. The van der Waals surface area contributed by atoms with Crippen LogP contribution in [0.1, 0.15) is 41.7 Å². The predicted octanol–water partition coefficient (Wildman–Crippen LogP) is 5.33. The van der Waals surface area contributed by atoms with Gasteiger partial charge in [0.2, 0.25) is 5.91 Å². The summed E-state index contributed by atoms with van der Waals surface area (Å²) in [4.78, 5) is 40.2. The standard InChI is InChI=1S/C40H42F2N10O3.H2/c1-25-18-26(2)52(46-25)30-8-4-6-27(19-30)31-21-32(28-7-5-11-50(24-28)36(53)9-12-51-13-10-44-47-51)37(42)38-33(31)22-34(45-38)40(54)49-16-14-48(15-17-49)39-35(55-3)20-29(41)23-43-39;/h4,6-8,10,13,18-23,44-45,47H,5,9,11-12,14-17,24H2,1-3H3;1H. The Hall–Kier alpha value is -6.22. The molecule has 55 heavy (non-hydrogen) atoms. The molecule has 3 aliphatic rings. The normalized spacial score (nSPS) is 15.8. The zero-order valence-corrected chi connectivity index (χ0v) is 30.9. The van der Waals surface area contributed by atoms with Crippen LogP contribution in [0.25, 0.3) is 33.3 Å². The van der Waals surface area contributed by atoms with Crippen LogP contribution in [0.2, 0.25) is 0 Å². The summed E-state index contributed by atoms with van der Waals surface area (Å²) in [6.07, 6.45) is 7.60. The number of aryl methyl sites for hydroxylation is 2. The average molecular weight is 751 g/mol. The Bertz CT molecular complexity index is 2350. The number of anilines is 1. The molecule has 3 aliphatic heterocycles. The fraction of sp³-hybridized carbons (Fsp3) is 0.300. The molecule has 0 unspecified atom stereocenters. The van der Waals surface area contributed by atoms with Crippen LogP contribution in [0.5, 0.6) is 5.75 Å². The van der Waals surface area contributed by atoms with Crippen LogP contribution < -0.4 is 20.6 Å². The van der Waals surface area contributed by atoms with Gasteiger partial charge in [-0.3, -0.25) is 14.6 Å². The maximum atomic E-state index is 16.9. The Kier molecular flexibility index (Phi) is 9.69. The van der Waals surface area contributed by atoms with Crippen molar-refractivity contribution >= 4 is 34.1 Å². The number of methoxy groups -OCH3 is 1. The average Bonchev–Trinajstić information content (AvgIpc) is 3.98. The minimum Gasteiger partial charge on any atom is -0.493 e. The zero-order chi connectivity index (χ0) is 38.2. The number of piperazine rings is 1. The van der Waals surface area contributed by atoms with Crippen LogP contribution in [0, 0.1) is 25.5 Å². The first-order valence-corrected chi connectivity index (χ1v) is 18.3. The molecule has 286 valence electrons. The number of H-pyrrole nitrogens is 1. The van der Waals surface area contributed by atoms with Crippen molar-refractivity contribution in [3.05, 3.63) is 107 Å². The lowest BCUT2D eigenvalue weighted by molar-refractivity contribution is -0.131. The van der Waals surface area contributed by atoms with E-state index in [-0.39, 0.29) is 31.0 Å². The Balaban J connectivity index is 0.00000480. The Morgan fingerprint density at radius 1 is 0.982 bits per heavy atom. The van der Waals surface area contributed by atoms with Gasteiger partial charge in [0.15, 0.2) is 17.4 Å². The van der Waals surface area contributed by atoms with Crippen LogP contribution in [0.3, 0.4) is 0 Å². The molecule has 0 bridgehead atoms. The van der Waals surface area contributed by atoms with Gasteiger partial charge in [-0.1, -0.05) is 18.2 Å². The minimum absolute atomic E-state index is 0. The smallest absolute Gasteiger partial charge is 0.270 e. The molecule has 2 amide bonds. The van der Waals surface area contributed by atoms with Crippen molar-refractivity contribution in [2.24, 2.45) is 0 Å². The lowest BCUT2D eigenvalue weighted by Gasteiger charge is -2.35. The van der Waals surface area contributed by atoms with Crippen molar-refractivity contribution in [1.29, 1.82) is 0 Å². The van der Waals surface area contributed by atoms with Gasteiger partial charge in [-0.25, -0.2) is 18.4 Å². The number of benzene rings is 2. The number of aromatic nitrogens is 4. The van der Waals surface area contributed by atoms with Crippen molar-refractivity contribution < 1.29 is 24.5 Å².